The number of rotatable bonds is 2. The minimum atomic E-state index is 0. The van der Waals surface area contributed by atoms with E-state index in [0.29, 0.717) is 23.0 Å². The van der Waals surface area contributed by atoms with Crippen LogP contribution in [0, 0.1) is 0 Å². The van der Waals surface area contributed by atoms with Crippen molar-refractivity contribution in [1.29, 1.82) is 0 Å². The number of nitrogens with two attached hydrogens (primary N) is 1. The summed E-state index contributed by atoms with van der Waals surface area (Å²) in [5.74, 6) is 1.12. The summed E-state index contributed by atoms with van der Waals surface area (Å²) in [6, 6.07) is 9.11. The SMILES string of the molecule is Cl.Cl.Nc1nnc(-c2ccccc2O)cc1C1CCNCC1. The van der Waals surface area contributed by atoms with Crippen molar-refractivity contribution in [2.75, 3.05) is 18.8 Å². The Morgan fingerprint density at radius 2 is 1.77 bits per heavy atom. The van der Waals surface area contributed by atoms with Crippen molar-refractivity contribution in [3.8, 4) is 17.0 Å². The van der Waals surface area contributed by atoms with Crippen LogP contribution in [0.5, 0.6) is 5.75 Å². The fraction of sp³-hybridized carbons (Fsp3) is 0.333. The highest BCUT2D eigenvalue weighted by Gasteiger charge is 2.20. The zero-order valence-corrected chi connectivity index (χ0v) is 13.7. The monoisotopic (exact) mass is 342 g/mol. The Labute approximate surface area is 142 Å². The maximum atomic E-state index is 9.93. The molecule has 0 atom stereocenters. The van der Waals surface area contributed by atoms with Crippen LogP contribution in [0.1, 0.15) is 24.3 Å². The van der Waals surface area contributed by atoms with Gasteiger partial charge in [0, 0.05) is 11.1 Å². The van der Waals surface area contributed by atoms with Gasteiger partial charge in [0.25, 0.3) is 0 Å². The number of halogens is 2. The number of nitrogens with zero attached hydrogens (tertiary/aromatic N) is 2. The molecule has 1 aromatic heterocycles. The molecule has 3 rings (SSSR count). The first-order valence-corrected chi connectivity index (χ1v) is 6.88. The van der Waals surface area contributed by atoms with E-state index < -0.39 is 0 Å². The van der Waals surface area contributed by atoms with Gasteiger partial charge in [-0.05, 0) is 50.0 Å². The Morgan fingerprint density at radius 1 is 1.09 bits per heavy atom. The van der Waals surface area contributed by atoms with Gasteiger partial charge in [-0.1, -0.05) is 12.1 Å². The molecule has 22 heavy (non-hydrogen) atoms. The molecule has 1 saturated heterocycles. The van der Waals surface area contributed by atoms with Gasteiger partial charge >= 0.3 is 0 Å². The van der Waals surface area contributed by atoms with Gasteiger partial charge in [-0.25, -0.2) is 0 Å². The van der Waals surface area contributed by atoms with Crippen molar-refractivity contribution in [2.45, 2.75) is 18.8 Å². The summed E-state index contributed by atoms with van der Waals surface area (Å²) in [5, 5.41) is 21.5. The number of nitrogen functional groups attached to an aromatic ring is 1. The summed E-state index contributed by atoms with van der Waals surface area (Å²) in [6.07, 6.45) is 2.10. The predicted octanol–water partition coefficient (Wildman–Crippen LogP) is 2.74. The van der Waals surface area contributed by atoms with Crippen molar-refractivity contribution >= 4 is 30.6 Å². The number of nitrogens with one attached hydrogen (secondary N) is 1. The second-order valence-corrected chi connectivity index (χ2v) is 5.11. The largest absolute Gasteiger partial charge is 0.507 e. The first kappa shape index (κ1) is 18.5. The molecule has 0 saturated carbocycles. The molecule has 2 heterocycles. The number of hydrogen-bond donors (Lipinski definition) is 3. The quantitative estimate of drug-likeness (QED) is 0.781. The molecule has 0 bridgehead atoms. The van der Waals surface area contributed by atoms with Gasteiger partial charge in [-0.15, -0.1) is 35.0 Å². The maximum Gasteiger partial charge on any atom is 0.149 e. The maximum absolute atomic E-state index is 9.93. The fourth-order valence-electron chi connectivity index (χ4n) is 2.70. The molecule has 7 heteroatoms. The van der Waals surface area contributed by atoms with Crippen molar-refractivity contribution in [2.24, 2.45) is 0 Å². The average molecular weight is 343 g/mol. The number of phenols is 1. The van der Waals surface area contributed by atoms with Gasteiger partial charge in [-0.2, -0.15) is 0 Å². The van der Waals surface area contributed by atoms with Gasteiger partial charge in [-0.3, -0.25) is 0 Å². The highest BCUT2D eigenvalue weighted by molar-refractivity contribution is 5.85. The summed E-state index contributed by atoms with van der Waals surface area (Å²) >= 11 is 0. The Morgan fingerprint density at radius 3 is 2.45 bits per heavy atom. The van der Waals surface area contributed by atoms with Crippen LogP contribution >= 0.6 is 24.8 Å². The average Bonchev–Trinajstić information content (AvgIpc) is 2.49. The van der Waals surface area contributed by atoms with Crippen LogP contribution in [-0.4, -0.2) is 28.4 Å². The van der Waals surface area contributed by atoms with Crippen LogP contribution < -0.4 is 11.1 Å². The second kappa shape index (κ2) is 8.17. The van der Waals surface area contributed by atoms with E-state index in [-0.39, 0.29) is 30.6 Å². The topological polar surface area (TPSA) is 84.1 Å². The lowest BCUT2D eigenvalue weighted by Crippen LogP contribution is -2.27. The standard InChI is InChI=1S/C15H18N4O.2ClH/c16-15-12(10-5-7-17-8-6-10)9-13(18-19-15)11-3-1-2-4-14(11)20;;/h1-4,9-10,17,20H,5-8H2,(H2,16,19);2*1H. The lowest BCUT2D eigenvalue weighted by atomic mass is 9.90. The van der Waals surface area contributed by atoms with E-state index in [9.17, 15) is 5.11 Å². The molecule has 2 aromatic rings. The van der Waals surface area contributed by atoms with Crippen LogP contribution in [0.15, 0.2) is 30.3 Å². The lowest BCUT2D eigenvalue weighted by molar-refractivity contribution is 0.460. The van der Waals surface area contributed by atoms with Gasteiger partial charge in [0.15, 0.2) is 0 Å². The first-order chi connectivity index (χ1) is 9.75. The number of anilines is 1. The summed E-state index contributed by atoms with van der Waals surface area (Å²) in [5.41, 5.74) is 8.38. The van der Waals surface area contributed by atoms with Crippen LogP contribution in [0.3, 0.4) is 0 Å². The molecule has 5 nitrogen and oxygen atoms in total. The molecule has 1 aromatic carbocycles. The van der Waals surface area contributed by atoms with Gasteiger partial charge in [0.2, 0.25) is 0 Å². The molecule has 0 spiro atoms. The van der Waals surface area contributed by atoms with E-state index in [0.717, 1.165) is 31.5 Å². The number of phenolic OH excluding ortho intramolecular Hbond substituents is 1. The molecule has 1 aliphatic heterocycles. The zero-order valence-electron chi connectivity index (χ0n) is 12.0. The van der Waals surface area contributed by atoms with E-state index >= 15 is 0 Å². The third kappa shape index (κ3) is 3.80. The van der Waals surface area contributed by atoms with Crippen molar-refractivity contribution < 1.29 is 5.11 Å². The minimum absolute atomic E-state index is 0. The normalized spacial score (nSPS) is 14.7. The van der Waals surface area contributed by atoms with E-state index in [1.807, 2.05) is 18.2 Å². The predicted molar refractivity (Wildman–Crippen MR) is 92.9 cm³/mol. The van der Waals surface area contributed by atoms with E-state index in [4.69, 9.17) is 5.73 Å². The lowest BCUT2D eigenvalue weighted by Gasteiger charge is -2.23. The number of hydrogen-bond acceptors (Lipinski definition) is 5. The molecule has 0 radical (unpaired) electrons. The molecule has 120 valence electrons. The first-order valence-electron chi connectivity index (χ1n) is 6.88. The number of benzene rings is 1. The smallest absolute Gasteiger partial charge is 0.149 e. The number of piperidine rings is 1. The summed E-state index contributed by atoms with van der Waals surface area (Å²) in [4.78, 5) is 0. The molecule has 0 aliphatic carbocycles. The van der Waals surface area contributed by atoms with Crippen LogP contribution in [-0.2, 0) is 0 Å². The van der Waals surface area contributed by atoms with Crippen LogP contribution in [0.4, 0.5) is 5.82 Å². The molecule has 0 amide bonds. The minimum Gasteiger partial charge on any atom is -0.507 e. The molecular weight excluding hydrogens is 323 g/mol. The molecule has 1 aliphatic rings. The molecular formula is C15H20Cl2N4O. The Bertz CT molecular complexity index is 618. The summed E-state index contributed by atoms with van der Waals surface area (Å²) < 4.78 is 0. The highest BCUT2D eigenvalue weighted by Crippen LogP contribution is 2.33. The van der Waals surface area contributed by atoms with E-state index in [1.54, 1.807) is 12.1 Å². The number of para-hydroxylation sites is 1. The Hall–Kier alpha value is -1.56. The van der Waals surface area contributed by atoms with E-state index in [2.05, 4.69) is 15.5 Å². The summed E-state index contributed by atoms with van der Waals surface area (Å²) in [7, 11) is 0. The van der Waals surface area contributed by atoms with Crippen LogP contribution in [0.2, 0.25) is 0 Å². The fourth-order valence-corrected chi connectivity index (χ4v) is 2.70. The van der Waals surface area contributed by atoms with Crippen LogP contribution in [0.25, 0.3) is 11.3 Å². The summed E-state index contributed by atoms with van der Waals surface area (Å²) in [6.45, 7) is 2.00. The second-order valence-electron chi connectivity index (χ2n) is 5.11. The van der Waals surface area contributed by atoms with Gasteiger partial charge in [0.1, 0.15) is 11.6 Å². The van der Waals surface area contributed by atoms with E-state index in [1.165, 1.54) is 0 Å². The van der Waals surface area contributed by atoms with Crippen molar-refractivity contribution in [3.05, 3.63) is 35.9 Å². The Balaban J connectivity index is 0.00000121. The number of aromatic nitrogens is 2. The third-order valence-electron chi connectivity index (χ3n) is 3.81. The zero-order chi connectivity index (χ0) is 13.9. The number of aromatic hydroxyl groups is 1. The van der Waals surface area contributed by atoms with Gasteiger partial charge in [0.05, 0.1) is 5.69 Å². The van der Waals surface area contributed by atoms with Gasteiger partial charge < -0.3 is 16.2 Å². The molecule has 0 unspecified atom stereocenters. The Kier molecular flexibility index (Phi) is 6.87. The third-order valence-corrected chi connectivity index (χ3v) is 3.81. The highest BCUT2D eigenvalue weighted by atomic mass is 35.5. The van der Waals surface area contributed by atoms with Crippen molar-refractivity contribution in [1.82, 2.24) is 15.5 Å². The molecule has 4 N–H and O–H groups in total. The molecule has 1 fully saturated rings. The van der Waals surface area contributed by atoms with Crippen molar-refractivity contribution in [3.63, 3.8) is 0 Å².